The first kappa shape index (κ1) is 12.4. The Balaban J connectivity index is 2.30. The standard InChI is InChI=1S/C12H9ClN2O3/c13-10-2-1-9(3-7(10)5-14)15-6-8(12(17)18)4-11(15)16/h1-3,8H,4,6H2,(H,17,18). The number of amides is 1. The van der Waals surface area contributed by atoms with Gasteiger partial charge in [0.15, 0.2) is 0 Å². The molecule has 18 heavy (non-hydrogen) atoms. The molecule has 1 aromatic rings. The van der Waals surface area contributed by atoms with Gasteiger partial charge in [0, 0.05) is 18.7 Å². The molecule has 0 spiro atoms. The molecule has 0 bridgehead atoms. The Morgan fingerprint density at radius 3 is 2.83 bits per heavy atom. The number of hydrogen-bond acceptors (Lipinski definition) is 3. The third-order valence-electron chi connectivity index (χ3n) is 2.86. The van der Waals surface area contributed by atoms with Gasteiger partial charge in [0.05, 0.1) is 16.5 Å². The van der Waals surface area contributed by atoms with Crippen LogP contribution in [0.4, 0.5) is 5.69 Å². The third-order valence-corrected chi connectivity index (χ3v) is 3.19. The third kappa shape index (κ3) is 2.15. The van der Waals surface area contributed by atoms with Gasteiger partial charge in [-0.15, -0.1) is 0 Å². The average molecular weight is 265 g/mol. The van der Waals surface area contributed by atoms with Gasteiger partial charge in [0.2, 0.25) is 5.91 Å². The van der Waals surface area contributed by atoms with Crippen molar-refractivity contribution in [1.29, 1.82) is 5.26 Å². The highest BCUT2D eigenvalue weighted by atomic mass is 35.5. The normalized spacial score (nSPS) is 18.8. The van der Waals surface area contributed by atoms with Crippen molar-refractivity contribution in [1.82, 2.24) is 0 Å². The molecule has 0 radical (unpaired) electrons. The van der Waals surface area contributed by atoms with E-state index in [1.54, 1.807) is 6.07 Å². The molecule has 0 aliphatic carbocycles. The van der Waals surface area contributed by atoms with E-state index < -0.39 is 11.9 Å². The maximum Gasteiger partial charge on any atom is 0.308 e. The van der Waals surface area contributed by atoms with Gasteiger partial charge in [0.25, 0.3) is 0 Å². The second-order valence-electron chi connectivity index (χ2n) is 4.02. The Labute approximate surface area is 108 Å². The van der Waals surface area contributed by atoms with E-state index >= 15 is 0 Å². The molecule has 1 aliphatic rings. The molecular formula is C12H9ClN2O3. The van der Waals surface area contributed by atoms with Crippen LogP contribution in [0.5, 0.6) is 0 Å². The smallest absolute Gasteiger partial charge is 0.308 e. The fraction of sp³-hybridized carbons (Fsp3) is 0.250. The first-order chi connectivity index (χ1) is 8.52. The van der Waals surface area contributed by atoms with Gasteiger partial charge in [-0.05, 0) is 18.2 Å². The lowest BCUT2D eigenvalue weighted by molar-refractivity contribution is -0.141. The van der Waals surface area contributed by atoms with Crippen molar-refractivity contribution in [3.05, 3.63) is 28.8 Å². The summed E-state index contributed by atoms with van der Waals surface area (Å²) in [5.41, 5.74) is 0.769. The molecule has 1 amide bonds. The Morgan fingerprint density at radius 1 is 1.56 bits per heavy atom. The number of aliphatic carboxylic acids is 1. The summed E-state index contributed by atoms with van der Waals surface area (Å²) in [6.07, 6.45) is -0.0140. The Kier molecular flexibility index (Phi) is 3.21. The molecule has 1 fully saturated rings. The van der Waals surface area contributed by atoms with Crippen LogP contribution in [0.1, 0.15) is 12.0 Å². The zero-order valence-electron chi connectivity index (χ0n) is 9.26. The van der Waals surface area contributed by atoms with E-state index in [2.05, 4.69) is 0 Å². The predicted molar refractivity (Wildman–Crippen MR) is 64.3 cm³/mol. The predicted octanol–water partition coefficient (Wildman–Crippen LogP) is 1.65. The lowest BCUT2D eigenvalue weighted by Crippen LogP contribution is -2.25. The van der Waals surface area contributed by atoms with Gasteiger partial charge in [-0.25, -0.2) is 0 Å². The number of nitriles is 1. The Bertz CT molecular complexity index is 565. The molecule has 1 aromatic carbocycles. The fourth-order valence-electron chi connectivity index (χ4n) is 1.89. The van der Waals surface area contributed by atoms with Gasteiger partial charge < -0.3 is 10.0 Å². The zero-order chi connectivity index (χ0) is 13.3. The van der Waals surface area contributed by atoms with E-state index in [-0.39, 0.29) is 24.4 Å². The quantitative estimate of drug-likeness (QED) is 0.880. The van der Waals surface area contributed by atoms with E-state index in [9.17, 15) is 9.59 Å². The minimum Gasteiger partial charge on any atom is -0.481 e. The van der Waals surface area contributed by atoms with Crippen LogP contribution in [0.25, 0.3) is 0 Å². The molecule has 0 saturated carbocycles. The molecule has 1 aliphatic heterocycles. The fourth-order valence-corrected chi connectivity index (χ4v) is 2.05. The Hall–Kier alpha value is -2.06. The van der Waals surface area contributed by atoms with Gasteiger partial charge in [-0.2, -0.15) is 5.26 Å². The molecule has 0 aromatic heterocycles. The molecule has 1 atom stereocenters. The molecular weight excluding hydrogens is 256 g/mol. The molecule has 1 saturated heterocycles. The van der Waals surface area contributed by atoms with Gasteiger partial charge >= 0.3 is 5.97 Å². The summed E-state index contributed by atoms with van der Waals surface area (Å²) in [6, 6.07) is 6.54. The lowest BCUT2D eigenvalue weighted by Gasteiger charge is -2.16. The number of rotatable bonds is 2. The number of carbonyl (C=O) groups excluding carboxylic acids is 1. The maximum atomic E-state index is 11.7. The van der Waals surface area contributed by atoms with Crippen LogP contribution < -0.4 is 4.90 Å². The van der Waals surface area contributed by atoms with Crippen LogP contribution in [-0.2, 0) is 9.59 Å². The number of hydrogen-bond donors (Lipinski definition) is 1. The van der Waals surface area contributed by atoms with E-state index in [0.717, 1.165) is 0 Å². The van der Waals surface area contributed by atoms with Crippen molar-refractivity contribution in [2.75, 3.05) is 11.4 Å². The minimum absolute atomic E-state index is 0.0140. The molecule has 1 heterocycles. The van der Waals surface area contributed by atoms with E-state index in [4.69, 9.17) is 22.0 Å². The largest absolute Gasteiger partial charge is 0.481 e. The van der Waals surface area contributed by atoms with Crippen molar-refractivity contribution in [2.24, 2.45) is 5.92 Å². The van der Waals surface area contributed by atoms with Crippen molar-refractivity contribution < 1.29 is 14.7 Å². The van der Waals surface area contributed by atoms with Gasteiger partial charge in [0.1, 0.15) is 6.07 Å². The molecule has 1 unspecified atom stereocenters. The van der Waals surface area contributed by atoms with E-state index in [1.165, 1.54) is 17.0 Å². The summed E-state index contributed by atoms with van der Waals surface area (Å²) in [7, 11) is 0. The van der Waals surface area contributed by atoms with E-state index in [1.807, 2.05) is 6.07 Å². The Morgan fingerprint density at radius 2 is 2.28 bits per heavy atom. The highest BCUT2D eigenvalue weighted by molar-refractivity contribution is 6.31. The summed E-state index contributed by atoms with van der Waals surface area (Å²) in [5, 5.41) is 18.1. The van der Waals surface area contributed by atoms with Crippen LogP contribution in [0.15, 0.2) is 18.2 Å². The number of carboxylic acid groups (broad SMARTS) is 1. The highest BCUT2D eigenvalue weighted by Crippen LogP contribution is 2.28. The monoisotopic (exact) mass is 264 g/mol. The van der Waals surface area contributed by atoms with Crippen LogP contribution >= 0.6 is 11.6 Å². The summed E-state index contributed by atoms with van der Waals surface area (Å²) in [5.74, 6) is -1.94. The van der Waals surface area contributed by atoms with Crippen LogP contribution in [0.3, 0.4) is 0 Å². The number of carbonyl (C=O) groups is 2. The zero-order valence-corrected chi connectivity index (χ0v) is 10.0. The molecule has 92 valence electrons. The van der Waals surface area contributed by atoms with Crippen LogP contribution in [-0.4, -0.2) is 23.5 Å². The summed E-state index contributed by atoms with van der Waals surface area (Å²) < 4.78 is 0. The van der Waals surface area contributed by atoms with Crippen molar-refractivity contribution in [3.8, 4) is 6.07 Å². The summed E-state index contributed by atoms with van der Waals surface area (Å²) in [4.78, 5) is 23.9. The second kappa shape index (κ2) is 4.67. The summed E-state index contributed by atoms with van der Waals surface area (Å²) >= 11 is 5.80. The maximum absolute atomic E-state index is 11.7. The van der Waals surface area contributed by atoms with Crippen molar-refractivity contribution in [2.45, 2.75) is 6.42 Å². The number of anilines is 1. The van der Waals surface area contributed by atoms with Crippen LogP contribution in [0.2, 0.25) is 5.02 Å². The topological polar surface area (TPSA) is 81.4 Å². The van der Waals surface area contributed by atoms with Crippen molar-refractivity contribution >= 4 is 29.2 Å². The molecule has 1 N–H and O–H groups in total. The molecule has 2 rings (SSSR count). The average Bonchev–Trinajstić information content (AvgIpc) is 2.72. The molecule has 6 heteroatoms. The first-order valence-corrected chi connectivity index (χ1v) is 5.63. The number of carboxylic acids is 1. The summed E-state index contributed by atoms with van der Waals surface area (Å²) in [6.45, 7) is 0.126. The van der Waals surface area contributed by atoms with Crippen molar-refractivity contribution in [3.63, 3.8) is 0 Å². The minimum atomic E-state index is -0.986. The molecule has 5 nitrogen and oxygen atoms in total. The number of benzene rings is 1. The second-order valence-corrected chi connectivity index (χ2v) is 4.43. The van der Waals surface area contributed by atoms with Crippen LogP contribution in [0, 0.1) is 17.2 Å². The SMILES string of the molecule is N#Cc1cc(N2CC(C(=O)O)CC2=O)ccc1Cl. The van der Waals surface area contributed by atoms with Gasteiger partial charge in [-0.1, -0.05) is 11.6 Å². The highest BCUT2D eigenvalue weighted by Gasteiger charge is 2.35. The number of halogens is 1. The number of nitrogens with zero attached hydrogens (tertiary/aromatic N) is 2. The lowest BCUT2D eigenvalue weighted by atomic mass is 10.1. The van der Waals surface area contributed by atoms with Gasteiger partial charge in [-0.3, -0.25) is 9.59 Å². The van der Waals surface area contributed by atoms with E-state index in [0.29, 0.717) is 10.7 Å². The first-order valence-electron chi connectivity index (χ1n) is 5.25.